The second kappa shape index (κ2) is 12.1. The summed E-state index contributed by atoms with van der Waals surface area (Å²) in [6.07, 6.45) is 9.06. The number of carbonyl (C=O) groups excluding carboxylic acids is 1. The number of nitrogens with one attached hydrogen (secondary N) is 1. The predicted octanol–water partition coefficient (Wildman–Crippen LogP) is 4.29. The van der Waals surface area contributed by atoms with Crippen LogP contribution in [0.5, 0.6) is 0 Å². The van der Waals surface area contributed by atoms with Gasteiger partial charge in [-0.1, -0.05) is 61.4 Å². The number of aryl methyl sites for hydroxylation is 1. The number of amides is 1. The molecule has 2 aliphatic rings. The van der Waals surface area contributed by atoms with Gasteiger partial charge in [-0.25, -0.2) is 4.98 Å². The predicted molar refractivity (Wildman–Crippen MR) is 159 cm³/mol. The number of ether oxygens (including phenoxy) is 1. The molecule has 2 N–H and O–H groups in total. The number of hydrogen-bond donors (Lipinski definition) is 2. The molecule has 1 aliphatic heterocycles. The molecule has 1 amide bonds. The van der Waals surface area contributed by atoms with Crippen molar-refractivity contribution in [3.63, 3.8) is 0 Å². The number of nitrogens with zero attached hydrogens (tertiary/aromatic N) is 5. The van der Waals surface area contributed by atoms with Gasteiger partial charge in [-0.15, -0.1) is 0 Å². The highest BCUT2D eigenvalue weighted by Crippen LogP contribution is 2.41. The van der Waals surface area contributed by atoms with E-state index in [0.29, 0.717) is 18.7 Å². The lowest BCUT2D eigenvalue weighted by molar-refractivity contribution is -0.0893. The SMILES string of the molecule is COC[C@]1(O)CCCC[C@H]1n1cnc(C(=O)N2CCNC[C@H]2CCCn2cc3ccccc3n2)c1-c1ccccc1. The molecule has 3 heterocycles. The molecule has 41 heavy (non-hydrogen) atoms. The summed E-state index contributed by atoms with van der Waals surface area (Å²) in [5, 5.41) is 21.0. The molecule has 9 heteroatoms. The zero-order valence-corrected chi connectivity index (χ0v) is 23.8. The van der Waals surface area contributed by atoms with Crippen molar-refractivity contribution in [2.45, 2.75) is 62.8 Å². The zero-order chi connectivity index (χ0) is 28.2. The van der Waals surface area contributed by atoms with Crippen LogP contribution in [0.4, 0.5) is 0 Å². The van der Waals surface area contributed by atoms with Gasteiger partial charge in [-0.05, 0) is 31.7 Å². The highest BCUT2D eigenvalue weighted by Gasteiger charge is 2.42. The molecule has 1 aliphatic carbocycles. The molecule has 0 radical (unpaired) electrons. The average molecular weight is 557 g/mol. The van der Waals surface area contributed by atoms with Gasteiger partial charge in [-0.3, -0.25) is 9.48 Å². The van der Waals surface area contributed by atoms with Crippen LogP contribution >= 0.6 is 0 Å². The van der Waals surface area contributed by atoms with Gasteiger partial charge >= 0.3 is 0 Å². The normalized spacial score (nSPS) is 23.2. The first kappa shape index (κ1) is 27.6. The van der Waals surface area contributed by atoms with E-state index in [1.54, 1.807) is 13.4 Å². The highest BCUT2D eigenvalue weighted by atomic mass is 16.5. The van der Waals surface area contributed by atoms with E-state index in [9.17, 15) is 9.90 Å². The van der Waals surface area contributed by atoms with Crippen LogP contribution in [0.25, 0.3) is 22.2 Å². The Morgan fingerprint density at radius 2 is 1.98 bits per heavy atom. The van der Waals surface area contributed by atoms with E-state index in [4.69, 9.17) is 14.8 Å². The van der Waals surface area contributed by atoms with E-state index in [1.807, 2.05) is 62.7 Å². The fourth-order valence-corrected chi connectivity index (χ4v) is 6.70. The van der Waals surface area contributed by atoms with Gasteiger partial charge < -0.3 is 24.6 Å². The first-order chi connectivity index (χ1) is 20.1. The Kier molecular flexibility index (Phi) is 8.18. The molecular formula is C32H40N6O3. The minimum absolute atomic E-state index is 0.0509. The molecule has 3 atom stereocenters. The maximum Gasteiger partial charge on any atom is 0.275 e. The van der Waals surface area contributed by atoms with Gasteiger partial charge in [0, 0.05) is 56.5 Å². The van der Waals surface area contributed by atoms with E-state index in [-0.39, 0.29) is 24.6 Å². The Morgan fingerprint density at radius 3 is 2.80 bits per heavy atom. The third-order valence-corrected chi connectivity index (χ3v) is 8.73. The number of piperazine rings is 1. The Hall–Kier alpha value is -3.53. The first-order valence-corrected chi connectivity index (χ1v) is 14.8. The van der Waals surface area contributed by atoms with Crippen molar-refractivity contribution < 1.29 is 14.6 Å². The van der Waals surface area contributed by atoms with Crippen LogP contribution in [0.15, 0.2) is 67.1 Å². The van der Waals surface area contributed by atoms with Crippen LogP contribution in [0, 0.1) is 0 Å². The summed E-state index contributed by atoms with van der Waals surface area (Å²) in [5.74, 6) is -0.0509. The lowest BCUT2D eigenvalue weighted by Crippen LogP contribution is -2.53. The van der Waals surface area contributed by atoms with Crippen molar-refractivity contribution in [1.29, 1.82) is 0 Å². The smallest absolute Gasteiger partial charge is 0.275 e. The van der Waals surface area contributed by atoms with Gasteiger partial charge in [0.1, 0.15) is 5.60 Å². The topological polar surface area (TPSA) is 97.4 Å². The van der Waals surface area contributed by atoms with Gasteiger partial charge in [0.15, 0.2) is 5.69 Å². The molecule has 2 aromatic carbocycles. The fraction of sp³-hybridized carbons (Fsp3) is 0.469. The second-order valence-electron chi connectivity index (χ2n) is 11.5. The van der Waals surface area contributed by atoms with Crippen molar-refractivity contribution in [3.05, 3.63) is 72.8 Å². The second-order valence-corrected chi connectivity index (χ2v) is 11.5. The molecule has 9 nitrogen and oxygen atoms in total. The quantitative estimate of drug-likeness (QED) is 0.319. The van der Waals surface area contributed by atoms with Crippen LogP contribution in [-0.2, 0) is 11.3 Å². The monoisotopic (exact) mass is 556 g/mol. The number of aliphatic hydroxyl groups is 1. The van der Waals surface area contributed by atoms with E-state index in [2.05, 4.69) is 17.6 Å². The molecule has 216 valence electrons. The van der Waals surface area contributed by atoms with Gasteiger partial charge in [0.25, 0.3) is 5.91 Å². The third-order valence-electron chi connectivity index (χ3n) is 8.73. The maximum absolute atomic E-state index is 14.3. The maximum atomic E-state index is 14.3. The minimum atomic E-state index is -1.01. The number of benzene rings is 2. The summed E-state index contributed by atoms with van der Waals surface area (Å²) < 4.78 is 9.51. The highest BCUT2D eigenvalue weighted by molar-refractivity contribution is 5.98. The van der Waals surface area contributed by atoms with Gasteiger partial charge in [-0.2, -0.15) is 5.10 Å². The fourth-order valence-electron chi connectivity index (χ4n) is 6.70. The van der Waals surface area contributed by atoms with Crippen LogP contribution < -0.4 is 5.32 Å². The number of aromatic nitrogens is 4. The van der Waals surface area contributed by atoms with Crippen molar-refractivity contribution in [1.82, 2.24) is 29.5 Å². The molecule has 0 bridgehead atoms. The standard InChI is InChI=1S/C32H40N6O3/c1-41-22-32(40)16-8-7-15-28(32)38-23-34-29(30(38)24-10-3-2-4-11-24)31(39)37-19-17-33-20-26(37)13-9-18-36-21-25-12-5-6-14-27(25)35-36/h2-6,10-12,14,21,23,26,28,33,40H,7-9,13,15-20,22H2,1H3/t26-,28-,32-/m1/s1. The average Bonchev–Trinajstić information content (AvgIpc) is 3.62. The summed E-state index contributed by atoms with van der Waals surface area (Å²) >= 11 is 0. The van der Waals surface area contributed by atoms with Crippen LogP contribution in [0.2, 0.25) is 0 Å². The summed E-state index contributed by atoms with van der Waals surface area (Å²) in [6, 6.07) is 18.0. The number of imidazole rings is 1. The van der Waals surface area contributed by atoms with Crippen LogP contribution in [-0.4, -0.2) is 80.2 Å². The Balaban J connectivity index is 1.26. The Bertz CT molecular complexity index is 1430. The van der Waals surface area contributed by atoms with Crippen LogP contribution in [0.3, 0.4) is 0 Å². The third kappa shape index (κ3) is 5.66. The molecular weight excluding hydrogens is 516 g/mol. The molecule has 0 spiro atoms. The number of fused-ring (bicyclic) bond motifs is 1. The van der Waals surface area contributed by atoms with E-state index in [0.717, 1.165) is 73.9 Å². The zero-order valence-electron chi connectivity index (χ0n) is 23.8. The largest absolute Gasteiger partial charge is 0.385 e. The number of rotatable bonds is 9. The lowest BCUT2D eigenvalue weighted by atomic mass is 9.80. The Morgan fingerprint density at radius 1 is 1.15 bits per heavy atom. The number of methoxy groups -OCH3 is 1. The van der Waals surface area contributed by atoms with Crippen LogP contribution in [0.1, 0.15) is 55.1 Å². The van der Waals surface area contributed by atoms with E-state index < -0.39 is 5.60 Å². The lowest BCUT2D eigenvalue weighted by Gasteiger charge is -2.41. The van der Waals surface area contributed by atoms with Crippen molar-refractivity contribution in [2.75, 3.05) is 33.4 Å². The molecule has 4 aromatic rings. The van der Waals surface area contributed by atoms with Crippen molar-refractivity contribution in [2.24, 2.45) is 0 Å². The van der Waals surface area contributed by atoms with Crippen molar-refractivity contribution in [3.8, 4) is 11.3 Å². The first-order valence-electron chi connectivity index (χ1n) is 14.8. The summed E-state index contributed by atoms with van der Waals surface area (Å²) in [6.45, 7) is 3.19. The number of carbonyl (C=O) groups is 1. The minimum Gasteiger partial charge on any atom is -0.385 e. The summed E-state index contributed by atoms with van der Waals surface area (Å²) in [7, 11) is 1.63. The molecule has 2 fully saturated rings. The Labute approximate surface area is 241 Å². The number of hydrogen-bond acceptors (Lipinski definition) is 6. The van der Waals surface area contributed by atoms with E-state index in [1.165, 1.54) is 0 Å². The van der Waals surface area contributed by atoms with Gasteiger partial charge in [0.2, 0.25) is 0 Å². The van der Waals surface area contributed by atoms with E-state index >= 15 is 0 Å². The molecule has 1 saturated heterocycles. The molecule has 1 saturated carbocycles. The summed E-state index contributed by atoms with van der Waals surface area (Å²) in [4.78, 5) is 21.0. The molecule has 6 rings (SSSR count). The van der Waals surface area contributed by atoms with Crippen molar-refractivity contribution >= 4 is 16.8 Å². The molecule has 0 unspecified atom stereocenters. The summed E-state index contributed by atoms with van der Waals surface area (Å²) in [5.41, 5.74) is 2.15. The molecule has 2 aromatic heterocycles. The van der Waals surface area contributed by atoms with Gasteiger partial charge in [0.05, 0.1) is 30.2 Å².